The van der Waals surface area contributed by atoms with Crippen molar-refractivity contribution in [3.8, 4) is 5.75 Å². The lowest BCUT2D eigenvalue weighted by Crippen LogP contribution is -2.40. The Morgan fingerprint density at radius 1 is 1.12 bits per heavy atom. The summed E-state index contributed by atoms with van der Waals surface area (Å²) in [7, 11) is 0. The molecule has 0 aliphatic rings. The van der Waals surface area contributed by atoms with Gasteiger partial charge in [0.05, 0.1) is 0 Å². The maximum Gasteiger partial charge on any atom is 0.325 e. The molecule has 0 aliphatic carbocycles. The Morgan fingerprint density at radius 3 is 2.17 bits per heavy atom. The first-order valence-corrected chi connectivity index (χ1v) is 8.12. The highest BCUT2D eigenvalue weighted by molar-refractivity contribution is 5.84. The second-order valence-electron chi connectivity index (χ2n) is 8.13. The first-order valence-electron chi connectivity index (χ1n) is 8.12. The number of hydrogen-bond donors (Lipinski definition) is 2. The summed E-state index contributed by atoms with van der Waals surface area (Å²) in [5, 5.41) is 11.2. The predicted molar refractivity (Wildman–Crippen MR) is 94.6 cm³/mol. The third kappa shape index (κ3) is 5.55. The van der Waals surface area contributed by atoms with Crippen molar-refractivity contribution in [1.82, 2.24) is 5.32 Å². The summed E-state index contributed by atoms with van der Waals surface area (Å²) in [6, 6.07) is 5.07. The van der Waals surface area contributed by atoms with Gasteiger partial charge in [0.1, 0.15) is 11.8 Å². The van der Waals surface area contributed by atoms with Crippen molar-refractivity contribution < 1.29 is 19.4 Å². The van der Waals surface area contributed by atoms with E-state index < -0.39 is 17.9 Å². The van der Waals surface area contributed by atoms with Crippen LogP contribution in [0.15, 0.2) is 18.2 Å². The van der Waals surface area contributed by atoms with Crippen LogP contribution in [0.1, 0.15) is 59.6 Å². The lowest BCUT2D eigenvalue weighted by atomic mass is 9.80. The largest absolute Gasteiger partial charge is 0.483 e. The highest BCUT2D eigenvalue weighted by Crippen LogP contribution is 2.35. The molecular weight excluding hydrogens is 306 g/mol. The molecule has 24 heavy (non-hydrogen) atoms. The molecule has 1 aromatic rings. The third-order valence-corrected chi connectivity index (χ3v) is 3.76. The Balaban J connectivity index is 2.96. The maximum atomic E-state index is 11.8. The third-order valence-electron chi connectivity index (χ3n) is 3.76. The summed E-state index contributed by atoms with van der Waals surface area (Å²) in [6.07, 6.45) is 0. The van der Waals surface area contributed by atoms with Gasteiger partial charge in [-0.1, -0.05) is 53.7 Å². The molecule has 1 atom stereocenters. The number of carbonyl (C=O) groups is 2. The Bertz CT molecular complexity index is 609. The molecule has 0 aromatic heterocycles. The second kappa shape index (κ2) is 7.24. The molecule has 0 unspecified atom stereocenters. The van der Waals surface area contributed by atoms with E-state index in [1.165, 1.54) is 12.5 Å². The molecule has 0 radical (unpaired) electrons. The second-order valence-corrected chi connectivity index (χ2v) is 8.13. The quantitative estimate of drug-likeness (QED) is 0.866. The van der Waals surface area contributed by atoms with E-state index in [1.807, 2.05) is 12.1 Å². The molecule has 0 bridgehead atoms. The van der Waals surface area contributed by atoms with Crippen molar-refractivity contribution in [3.05, 3.63) is 29.3 Å². The summed E-state index contributed by atoms with van der Waals surface area (Å²) in [4.78, 5) is 22.6. The Hall–Kier alpha value is -2.04. The minimum absolute atomic E-state index is 0.0207. The monoisotopic (exact) mass is 335 g/mol. The molecule has 5 nitrogen and oxygen atoms in total. The Morgan fingerprint density at radius 2 is 1.71 bits per heavy atom. The zero-order valence-corrected chi connectivity index (χ0v) is 15.7. The van der Waals surface area contributed by atoms with Gasteiger partial charge in [-0.05, 0) is 34.9 Å². The van der Waals surface area contributed by atoms with E-state index in [0.717, 1.165) is 5.56 Å². The van der Waals surface area contributed by atoms with Crippen LogP contribution >= 0.6 is 0 Å². The van der Waals surface area contributed by atoms with Gasteiger partial charge in [0.15, 0.2) is 6.61 Å². The van der Waals surface area contributed by atoms with Crippen LogP contribution in [0.2, 0.25) is 0 Å². The highest BCUT2D eigenvalue weighted by atomic mass is 16.5. The molecule has 2 N–H and O–H groups in total. The molecule has 0 saturated heterocycles. The van der Waals surface area contributed by atoms with Crippen LogP contribution in [-0.2, 0) is 20.4 Å². The first kappa shape index (κ1) is 20.0. The van der Waals surface area contributed by atoms with E-state index in [0.29, 0.717) is 5.75 Å². The number of rotatable bonds is 5. The lowest BCUT2D eigenvalue weighted by molar-refractivity contribution is -0.141. The number of carboxylic acid groups (broad SMARTS) is 1. The summed E-state index contributed by atoms with van der Waals surface area (Å²) in [5.74, 6) is -0.883. The molecule has 1 amide bonds. The molecule has 0 aliphatic heterocycles. The average Bonchev–Trinajstić information content (AvgIpc) is 2.42. The number of carboxylic acids is 1. The van der Waals surface area contributed by atoms with E-state index >= 15 is 0 Å². The normalized spacial score (nSPS) is 13.3. The summed E-state index contributed by atoms with van der Waals surface area (Å²) in [5.41, 5.74) is 2.10. The van der Waals surface area contributed by atoms with E-state index in [4.69, 9.17) is 9.84 Å². The number of hydrogen-bond acceptors (Lipinski definition) is 3. The van der Waals surface area contributed by atoms with Gasteiger partial charge in [0.2, 0.25) is 0 Å². The minimum Gasteiger partial charge on any atom is -0.483 e. The topological polar surface area (TPSA) is 75.6 Å². The molecule has 0 spiro atoms. The zero-order valence-electron chi connectivity index (χ0n) is 15.7. The Kier molecular flexibility index (Phi) is 6.04. The summed E-state index contributed by atoms with van der Waals surface area (Å²) >= 11 is 0. The van der Waals surface area contributed by atoms with Gasteiger partial charge in [0, 0.05) is 0 Å². The molecule has 134 valence electrons. The van der Waals surface area contributed by atoms with Crippen LogP contribution in [0.25, 0.3) is 0 Å². The number of amides is 1. The van der Waals surface area contributed by atoms with E-state index in [9.17, 15) is 9.59 Å². The number of benzene rings is 1. The van der Waals surface area contributed by atoms with Crippen LogP contribution in [0.3, 0.4) is 0 Å². The standard InChI is InChI=1S/C19H29NO4/c1-12(17(22)23)20-16(21)11-24-15-9-8-13(18(2,3)4)10-14(15)19(5,6)7/h8-10,12H,11H2,1-7H3,(H,20,21)(H,22,23)/t12-/m1/s1. The minimum atomic E-state index is -1.08. The van der Waals surface area contributed by atoms with Gasteiger partial charge in [-0.25, -0.2) is 0 Å². The van der Waals surface area contributed by atoms with E-state index in [2.05, 4.69) is 52.9 Å². The predicted octanol–water partition coefficient (Wildman–Crippen LogP) is 3.25. The van der Waals surface area contributed by atoms with Crippen LogP contribution in [0.5, 0.6) is 5.75 Å². The maximum absolute atomic E-state index is 11.8. The fourth-order valence-corrected chi connectivity index (χ4v) is 2.20. The summed E-state index contributed by atoms with van der Waals surface area (Å²) in [6.45, 7) is 13.9. The molecular formula is C19H29NO4. The van der Waals surface area contributed by atoms with E-state index in [-0.39, 0.29) is 17.4 Å². The van der Waals surface area contributed by atoms with Crippen LogP contribution in [0, 0.1) is 0 Å². The van der Waals surface area contributed by atoms with Crippen molar-refractivity contribution in [2.24, 2.45) is 0 Å². The Labute approximate surface area is 144 Å². The van der Waals surface area contributed by atoms with E-state index in [1.54, 1.807) is 0 Å². The van der Waals surface area contributed by atoms with Crippen LogP contribution < -0.4 is 10.1 Å². The highest BCUT2D eigenvalue weighted by Gasteiger charge is 2.23. The van der Waals surface area contributed by atoms with Crippen LogP contribution in [-0.4, -0.2) is 29.6 Å². The SMILES string of the molecule is C[C@@H](NC(=O)COc1ccc(C(C)(C)C)cc1C(C)(C)C)C(=O)O. The van der Waals surface area contributed by atoms with Crippen molar-refractivity contribution in [2.75, 3.05) is 6.61 Å². The van der Waals surface area contributed by atoms with Crippen molar-refractivity contribution in [3.63, 3.8) is 0 Å². The molecule has 0 fully saturated rings. The smallest absolute Gasteiger partial charge is 0.325 e. The first-order chi connectivity index (χ1) is 10.8. The van der Waals surface area contributed by atoms with Gasteiger partial charge in [-0.15, -0.1) is 0 Å². The van der Waals surface area contributed by atoms with Crippen LogP contribution in [0.4, 0.5) is 0 Å². The van der Waals surface area contributed by atoms with Gasteiger partial charge >= 0.3 is 5.97 Å². The summed E-state index contributed by atoms with van der Waals surface area (Å²) < 4.78 is 5.67. The molecule has 1 aromatic carbocycles. The zero-order chi connectivity index (χ0) is 18.7. The van der Waals surface area contributed by atoms with Crippen molar-refractivity contribution in [1.29, 1.82) is 0 Å². The fraction of sp³-hybridized carbons (Fsp3) is 0.579. The molecule has 1 rings (SSSR count). The van der Waals surface area contributed by atoms with Crippen molar-refractivity contribution in [2.45, 2.75) is 65.3 Å². The molecule has 0 heterocycles. The van der Waals surface area contributed by atoms with Gasteiger partial charge < -0.3 is 15.2 Å². The number of ether oxygens (including phenoxy) is 1. The number of aliphatic carboxylic acids is 1. The lowest BCUT2D eigenvalue weighted by Gasteiger charge is -2.27. The molecule has 5 heteroatoms. The van der Waals surface area contributed by atoms with Gasteiger partial charge in [-0.3, -0.25) is 9.59 Å². The number of nitrogens with one attached hydrogen (secondary N) is 1. The average molecular weight is 335 g/mol. The molecule has 0 saturated carbocycles. The number of carbonyl (C=O) groups excluding carboxylic acids is 1. The van der Waals surface area contributed by atoms with Gasteiger partial charge in [0.25, 0.3) is 5.91 Å². The van der Waals surface area contributed by atoms with Gasteiger partial charge in [-0.2, -0.15) is 0 Å². The van der Waals surface area contributed by atoms with Crippen molar-refractivity contribution >= 4 is 11.9 Å². The fourth-order valence-electron chi connectivity index (χ4n) is 2.20.